The topological polar surface area (TPSA) is 41.1 Å². The highest BCUT2D eigenvalue weighted by Gasteiger charge is 2.14. The van der Waals surface area contributed by atoms with Crippen LogP contribution >= 0.6 is 0 Å². The van der Waals surface area contributed by atoms with Gasteiger partial charge in [-0.3, -0.25) is 4.79 Å². The fourth-order valence-electron chi connectivity index (χ4n) is 2.69. The average molecular weight is 268 g/mol. The van der Waals surface area contributed by atoms with Crippen molar-refractivity contribution in [3.63, 3.8) is 0 Å². The van der Waals surface area contributed by atoms with Crippen molar-refractivity contribution < 1.29 is 4.79 Å². The highest BCUT2D eigenvalue weighted by atomic mass is 16.1. The molecule has 0 aromatic heterocycles. The first-order valence-corrected chi connectivity index (χ1v) is 8.18. The molecule has 1 aliphatic rings. The molecule has 3 heteroatoms. The number of hydrogen-bond donors (Lipinski definition) is 2. The van der Waals surface area contributed by atoms with Crippen molar-refractivity contribution in [3.8, 4) is 0 Å². The zero-order valence-electron chi connectivity index (χ0n) is 12.8. The van der Waals surface area contributed by atoms with Gasteiger partial charge in [-0.1, -0.05) is 52.4 Å². The number of carbonyl (C=O) groups is 1. The van der Waals surface area contributed by atoms with Crippen molar-refractivity contribution in [1.29, 1.82) is 0 Å². The molecule has 1 amide bonds. The van der Waals surface area contributed by atoms with Gasteiger partial charge >= 0.3 is 0 Å². The third-order valence-corrected chi connectivity index (χ3v) is 3.94. The maximum atomic E-state index is 11.6. The molecule has 0 bridgehead atoms. The van der Waals surface area contributed by atoms with Crippen molar-refractivity contribution in [1.82, 2.24) is 10.6 Å². The minimum atomic E-state index is 0.161. The Morgan fingerprint density at radius 1 is 1.11 bits per heavy atom. The van der Waals surface area contributed by atoms with E-state index >= 15 is 0 Å². The first-order valence-electron chi connectivity index (χ1n) is 8.18. The van der Waals surface area contributed by atoms with Crippen LogP contribution < -0.4 is 10.6 Å². The van der Waals surface area contributed by atoms with Crippen LogP contribution in [0.2, 0.25) is 0 Å². The minimum Gasteiger partial charge on any atom is -0.355 e. The Hall–Kier alpha value is -0.570. The van der Waals surface area contributed by atoms with Crippen molar-refractivity contribution in [2.45, 2.75) is 77.7 Å². The van der Waals surface area contributed by atoms with E-state index in [1.165, 1.54) is 51.4 Å². The zero-order valence-corrected chi connectivity index (χ0v) is 12.8. The number of rotatable bonds is 10. The predicted octanol–water partition coefficient (Wildman–Crippen LogP) is 3.24. The third kappa shape index (κ3) is 9.04. The Kier molecular flexibility index (Phi) is 8.89. The molecule has 1 rings (SSSR count). The summed E-state index contributed by atoms with van der Waals surface area (Å²) in [4.78, 5) is 11.6. The summed E-state index contributed by atoms with van der Waals surface area (Å²) in [6.07, 6.45) is 11.4. The predicted molar refractivity (Wildman–Crippen MR) is 81.2 cm³/mol. The van der Waals surface area contributed by atoms with E-state index in [0.29, 0.717) is 12.6 Å². The minimum absolute atomic E-state index is 0.161. The molecular formula is C16H32N2O. The van der Waals surface area contributed by atoms with Crippen molar-refractivity contribution >= 4 is 5.91 Å². The number of hydrogen-bond acceptors (Lipinski definition) is 2. The molecule has 0 radical (unpaired) electrons. The number of nitrogens with one attached hydrogen (secondary N) is 2. The summed E-state index contributed by atoms with van der Waals surface area (Å²) in [6.45, 7) is 5.89. The molecule has 0 spiro atoms. The van der Waals surface area contributed by atoms with E-state index in [4.69, 9.17) is 0 Å². The van der Waals surface area contributed by atoms with Gasteiger partial charge in [-0.05, 0) is 25.2 Å². The van der Waals surface area contributed by atoms with Crippen LogP contribution in [0, 0.1) is 5.92 Å². The third-order valence-electron chi connectivity index (χ3n) is 3.94. The Bertz CT molecular complexity index is 235. The second-order valence-corrected chi connectivity index (χ2v) is 6.31. The lowest BCUT2D eigenvalue weighted by Gasteiger charge is -2.11. The van der Waals surface area contributed by atoms with Crippen LogP contribution in [0.15, 0.2) is 0 Å². The number of amides is 1. The van der Waals surface area contributed by atoms with Gasteiger partial charge in [0.1, 0.15) is 0 Å². The monoisotopic (exact) mass is 268 g/mol. The lowest BCUT2D eigenvalue weighted by molar-refractivity contribution is -0.120. The van der Waals surface area contributed by atoms with Crippen LogP contribution in [0.4, 0.5) is 0 Å². The maximum Gasteiger partial charge on any atom is 0.233 e. The molecule has 3 nitrogen and oxygen atoms in total. The molecule has 112 valence electrons. The van der Waals surface area contributed by atoms with Gasteiger partial charge in [0.25, 0.3) is 0 Å². The largest absolute Gasteiger partial charge is 0.355 e. The van der Waals surface area contributed by atoms with E-state index in [9.17, 15) is 4.79 Å². The molecule has 0 atom stereocenters. The van der Waals surface area contributed by atoms with Gasteiger partial charge in [0.05, 0.1) is 6.54 Å². The molecular weight excluding hydrogens is 236 g/mol. The van der Waals surface area contributed by atoms with E-state index in [-0.39, 0.29) is 5.91 Å². The van der Waals surface area contributed by atoms with Crippen LogP contribution in [0.25, 0.3) is 0 Å². The van der Waals surface area contributed by atoms with E-state index in [1.807, 2.05) is 0 Å². The van der Waals surface area contributed by atoms with E-state index < -0.39 is 0 Å². The maximum absolute atomic E-state index is 11.6. The van der Waals surface area contributed by atoms with Gasteiger partial charge in [-0.25, -0.2) is 0 Å². The number of carbonyl (C=O) groups excluding carboxylic acids is 1. The van der Waals surface area contributed by atoms with Crippen LogP contribution in [-0.4, -0.2) is 25.0 Å². The van der Waals surface area contributed by atoms with E-state index in [1.54, 1.807) is 0 Å². The van der Waals surface area contributed by atoms with Crippen molar-refractivity contribution in [2.24, 2.45) is 5.92 Å². The standard InChI is InChI=1S/C16H32N2O/c1-14(2)9-5-3-4-8-12-17-16(19)13-18-15-10-6-7-11-15/h14-15,18H,3-13H2,1-2H3,(H,17,19). The van der Waals surface area contributed by atoms with Gasteiger partial charge < -0.3 is 10.6 Å². The second-order valence-electron chi connectivity index (χ2n) is 6.31. The Labute approximate surface area is 118 Å². The SMILES string of the molecule is CC(C)CCCCCCNC(=O)CNC1CCCC1. The summed E-state index contributed by atoms with van der Waals surface area (Å²) in [5.41, 5.74) is 0. The molecule has 0 saturated heterocycles. The fourth-order valence-corrected chi connectivity index (χ4v) is 2.69. The molecule has 0 heterocycles. The van der Waals surface area contributed by atoms with E-state index in [0.717, 1.165) is 18.9 Å². The Balaban J connectivity index is 1.84. The molecule has 0 aliphatic heterocycles. The summed E-state index contributed by atoms with van der Waals surface area (Å²) in [7, 11) is 0. The summed E-state index contributed by atoms with van der Waals surface area (Å²) in [6, 6.07) is 0.585. The zero-order chi connectivity index (χ0) is 13.9. The second kappa shape index (κ2) is 10.2. The quantitative estimate of drug-likeness (QED) is 0.597. The van der Waals surface area contributed by atoms with Gasteiger partial charge in [0.2, 0.25) is 5.91 Å². The van der Waals surface area contributed by atoms with Gasteiger partial charge in [0, 0.05) is 12.6 Å². The first kappa shape index (κ1) is 16.5. The smallest absolute Gasteiger partial charge is 0.233 e. The lowest BCUT2D eigenvalue weighted by Crippen LogP contribution is -2.38. The molecule has 1 fully saturated rings. The molecule has 2 N–H and O–H groups in total. The average Bonchev–Trinajstić information content (AvgIpc) is 2.88. The molecule has 0 unspecified atom stereocenters. The van der Waals surface area contributed by atoms with Crippen LogP contribution in [0.3, 0.4) is 0 Å². The van der Waals surface area contributed by atoms with Gasteiger partial charge in [-0.2, -0.15) is 0 Å². The number of unbranched alkanes of at least 4 members (excludes halogenated alkanes) is 3. The first-order chi connectivity index (χ1) is 9.18. The summed E-state index contributed by atoms with van der Waals surface area (Å²) < 4.78 is 0. The van der Waals surface area contributed by atoms with Crippen molar-refractivity contribution in [3.05, 3.63) is 0 Å². The molecule has 1 saturated carbocycles. The van der Waals surface area contributed by atoms with Crippen LogP contribution in [0.1, 0.15) is 71.6 Å². The van der Waals surface area contributed by atoms with Crippen LogP contribution in [-0.2, 0) is 4.79 Å². The highest BCUT2D eigenvalue weighted by molar-refractivity contribution is 5.77. The highest BCUT2D eigenvalue weighted by Crippen LogP contribution is 2.17. The van der Waals surface area contributed by atoms with E-state index in [2.05, 4.69) is 24.5 Å². The molecule has 0 aromatic rings. The summed E-state index contributed by atoms with van der Waals surface area (Å²) in [5, 5.41) is 6.35. The van der Waals surface area contributed by atoms with Gasteiger partial charge in [0.15, 0.2) is 0 Å². The fraction of sp³-hybridized carbons (Fsp3) is 0.938. The summed E-state index contributed by atoms with van der Waals surface area (Å²) in [5.74, 6) is 0.982. The molecule has 0 aromatic carbocycles. The van der Waals surface area contributed by atoms with Gasteiger partial charge in [-0.15, -0.1) is 0 Å². The molecule has 1 aliphatic carbocycles. The Morgan fingerprint density at radius 2 is 1.79 bits per heavy atom. The lowest BCUT2D eigenvalue weighted by atomic mass is 10.0. The normalized spacial score (nSPS) is 16.2. The Morgan fingerprint density at radius 3 is 2.47 bits per heavy atom. The van der Waals surface area contributed by atoms with Crippen LogP contribution in [0.5, 0.6) is 0 Å². The molecule has 19 heavy (non-hydrogen) atoms. The summed E-state index contributed by atoms with van der Waals surface area (Å²) >= 11 is 0. The van der Waals surface area contributed by atoms with Crippen molar-refractivity contribution in [2.75, 3.05) is 13.1 Å².